The Morgan fingerprint density at radius 1 is 1.35 bits per heavy atom. The first-order chi connectivity index (χ1) is 8.15. The highest BCUT2D eigenvalue weighted by molar-refractivity contribution is 5.18. The van der Waals surface area contributed by atoms with E-state index in [0.29, 0.717) is 31.9 Å². The largest absolute Gasteiger partial charge is 0.396 e. The zero-order valence-corrected chi connectivity index (χ0v) is 9.38. The minimum absolute atomic E-state index is 0.0475. The Kier molecular flexibility index (Phi) is 3.71. The second-order valence-corrected chi connectivity index (χ2v) is 4.49. The normalized spacial score (nSPS) is 17.8. The fourth-order valence-electron chi connectivity index (χ4n) is 1.77. The van der Waals surface area contributed by atoms with Gasteiger partial charge in [0.15, 0.2) is 0 Å². The van der Waals surface area contributed by atoms with Gasteiger partial charge in [0.05, 0.1) is 25.2 Å². The Balaban J connectivity index is 1.85. The van der Waals surface area contributed by atoms with Crippen LogP contribution in [0.5, 0.6) is 0 Å². The van der Waals surface area contributed by atoms with Gasteiger partial charge in [-0.25, -0.2) is 8.78 Å². The van der Waals surface area contributed by atoms with E-state index < -0.39 is 11.6 Å². The molecule has 1 fully saturated rings. The summed E-state index contributed by atoms with van der Waals surface area (Å²) >= 11 is 0. The first-order valence-electron chi connectivity index (χ1n) is 5.48. The van der Waals surface area contributed by atoms with E-state index in [1.807, 2.05) is 0 Å². The molecular formula is C12H15F2NO2. The first kappa shape index (κ1) is 12.4. The van der Waals surface area contributed by atoms with Gasteiger partial charge in [-0.2, -0.15) is 0 Å². The van der Waals surface area contributed by atoms with Crippen LogP contribution in [0.1, 0.15) is 5.56 Å². The number of aliphatic hydroxyl groups excluding tert-OH is 1. The van der Waals surface area contributed by atoms with Crippen molar-refractivity contribution in [2.24, 2.45) is 5.41 Å². The van der Waals surface area contributed by atoms with Crippen LogP contribution in [0.4, 0.5) is 8.78 Å². The minimum atomic E-state index is -0.578. The molecule has 0 atom stereocenters. The zero-order valence-electron chi connectivity index (χ0n) is 9.38. The first-order valence-corrected chi connectivity index (χ1v) is 5.48. The van der Waals surface area contributed by atoms with Crippen LogP contribution in [0.15, 0.2) is 18.2 Å². The smallest absolute Gasteiger partial charge is 0.130 e. The van der Waals surface area contributed by atoms with Gasteiger partial charge in [-0.05, 0) is 6.07 Å². The molecule has 0 aliphatic carbocycles. The lowest BCUT2D eigenvalue weighted by atomic mass is 9.87. The second-order valence-electron chi connectivity index (χ2n) is 4.49. The number of hydrogen-bond acceptors (Lipinski definition) is 3. The second kappa shape index (κ2) is 5.08. The predicted octanol–water partition coefficient (Wildman–Crippen LogP) is 1.06. The summed E-state index contributed by atoms with van der Waals surface area (Å²) in [5.41, 5.74) is 0.177. The molecule has 1 saturated heterocycles. The molecule has 94 valence electrons. The van der Waals surface area contributed by atoms with Crippen molar-refractivity contribution in [3.05, 3.63) is 35.4 Å². The van der Waals surface area contributed by atoms with E-state index in [1.165, 1.54) is 12.1 Å². The SMILES string of the molecule is OCC1(CNCc2ccc(F)cc2F)COC1. The summed E-state index contributed by atoms with van der Waals surface area (Å²) in [6, 6.07) is 3.51. The molecule has 1 aromatic rings. The van der Waals surface area contributed by atoms with Gasteiger partial charge in [0.2, 0.25) is 0 Å². The van der Waals surface area contributed by atoms with Gasteiger partial charge >= 0.3 is 0 Å². The van der Waals surface area contributed by atoms with Gasteiger partial charge in [0.1, 0.15) is 11.6 Å². The Labute approximate surface area is 98.4 Å². The number of ether oxygens (including phenoxy) is 1. The van der Waals surface area contributed by atoms with Crippen molar-refractivity contribution in [1.82, 2.24) is 5.32 Å². The van der Waals surface area contributed by atoms with Crippen LogP contribution in [0, 0.1) is 17.0 Å². The van der Waals surface area contributed by atoms with E-state index in [-0.39, 0.29) is 12.0 Å². The van der Waals surface area contributed by atoms with Crippen molar-refractivity contribution in [2.75, 3.05) is 26.4 Å². The fraction of sp³-hybridized carbons (Fsp3) is 0.500. The highest BCUT2D eigenvalue weighted by Crippen LogP contribution is 2.25. The number of halogens is 2. The topological polar surface area (TPSA) is 41.5 Å². The molecule has 0 saturated carbocycles. The summed E-state index contributed by atoms with van der Waals surface area (Å²) in [6.45, 7) is 1.95. The van der Waals surface area contributed by atoms with Crippen LogP contribution in [0.3, 0.4) is 0 Å². The van der Waals surface area contributed by atoms with Crippen LogP contribution in [-0.2, 0) is 11.3 Å². The van der Waals surface area contributed by atoms with Gasteiger partial charge in [-0.3, -0.25) is 0 Å². The number of rotatable bonds is 5. The molecule has 1 aliphatic rings. The molecule has 1 aromatic carbocycles. The van der Waals surface area contributed by atoms with Crippen LogP contribution >= 0.6 is 0 Å². The maximum atomic E-state index is 13.3. The summed E-state index contributed by atoms with van der Waals surface area (Å²) in [5.74, 6) is -1.13. The van der Waals surface area contributed by atoms with Crippen LogP contribution < -0.4 is 5.32 Å². The molecule has 3 nitrogen and oxygen atoms in total. The summed E-state index contributed by atoms with van der Waals surface area (Å²) in [6.07, 6.45) is 0. The maximum Gasteiger partial charge on any atom is 0.130 e. The lowest BCUT2D eigenvalue weighted by molar-refractivity contribution is -0.134. The maximum absolute atomic E-state index is 13.3. The highest BCUT2D eigenvalue weighted by atomic mass is 19.1. The third-order valence-corrected chi connectivity index (χ3v) is 2.98. The molecule has 0 unspecified atom stereocenters. The third-order valence-electron chi connectivity index (χ3n) is 2.98. The van der Waals surface area contributed by atoms with Crippen molar-refractivity contribution in [3.63, 3.8) is 0 Å². The lowest BCUT2D eigenvalue weighted by Gasteiger charge is -2.40. The van der Waals surface area contributed by atoms with Gasteiger partial charge in [0, 0.05) is 24.7 Å². The number of aliphatic hydroxyl groups is 1. The standard InChI is InChI=1S/C12H15F2NO2/c13-10-2-1-9(11(14)3-10)4-15-5-12(6-16)7-17-8-12/h1-3,15-16H,4-8H2. The average molecular weight is 243 g/mol. The summed E-state index contributed by atoms with van der Waals surface area (Å²) in [5, 5.41) is 12.2. The van der Waals surface area contributed by atoms with Crippen LogP contribution in [-0.4, -0.2) is 31.5 Å². The zero-order chi connectivity index (χ0) is 12.3. The summed E-state index contributed by atoms with van der Waals surface area (Å²) in [4.78, 5) is 0. The van der Waals surface area contributed by atoms with Crippen LogP contribution in [0.2, 0.25) is 0 Å². The Morgan fingerprint density at radius 3 is 2.65 bits per heavy atom. The third kappa shape index (κ3) is 2.80. The number of hydrogen-bond donors (Lipinski definition) is 2. The van der Waals surface area contributed by atoms with Gasteiger partial charge in [-0.1, -0.05) is 6.07 Å². The van der Waals surface area contributed by atoms with Crippen LogP contribution in [0.25, 0.3) is 0 Å². The molecule has 0 amide bonds. The molecule has 17 heavy (non-hydrogen) atoms. The number of benzene rings is 1. The Hall–Kier alpha value is -1.04. The lowest BCUT2D eigenvalue weighted by Crippen LogP contribution is -2.52. The molecule has 1 heterocycles. The van der Waals surface area contributed by atoms with Crippen molar-refractivity contribution in [1.29, 1.82) is 0 Å². The van der Waals surface area contributed by atoms with E-state index in [0.717, 1.165) is 6.07 Å². The molecule has 0 bridgehead atoms. The van der Waals surface area contributed by atoms with Crippen molar-refractivity contribution in [2.45, 2.75) is 6.54 Å². The molecule has 0 aromatic heterocycles. The van der Waals surface area contributed by atoms with E-state index >= 15 is 0 Å². The van der Waals surface area contributed by atoms with Gasteiger partial charge < -0.3 is 15.2 Å². The molecule has 0 spiro atoms. The minimum Gasteiger partial charge on any atom is -0.396 e. The summed E-state index contributed by atoms with van der Waals surface area (Å²) in [7, 11) is 0. The number of nitrogens with one attached hydrogen (secondary N) is 1. The van der Waals surface area contributed by atoms with Crippen molar-refractivity contribution in [3.8, 4) is 0 Å². The Bertz CT molecular complexity index is 389. The van der Waals surface area contributed by atoms with Gasteiger partial charge in [0.25, 0.3) is 0 Å². The van der Waals surface area contributed by atoms with Gasteiger partial charge in [-0.15, -0.1) is 0 Å². The average Bonchev–Trinajstić information content (AvgIpc) is 2.25. The predicted molar refractivity (Wildman–Crippen MR) is 58.4 cm³/mol. The molecule has 2 rings (SSSR count). The van der Waals surface area contributed by atoms with E-state index in [2.05, 4.69) is 5.32 Å². The molecule has 5 heteroatoms. The van der Waals surface area contributed by atoms with Crippen molar-refractivity contribution >= 4 is 0 Å². The van der Waals surface area contributed by atoms with E-state index in [1.54, 1.807) is 0 Å². The fourth-order valence-corrected chi connectivity index (χ4v) is 1.77. The van der Waals surface area contributed by atoms with Crippen molar-refractivity contribution < 1.29 is 18.6 Å². The van der Waals surface area contributed by atoms with E-state index in [9.17, 15) is 13.9 Å². The van der Waals surface area contributed by atoms with E-state index in [4.69, 9.17) is 4.74 Å². The molecular weight excluding hydrogens is 228 g/mol. The Morgan fingerprint density at radius 2 is 2.12 bits per heavy atom. The highest BCUT2D eigenvalue weighted by Gasteiger charge is 2.37. The molecule has 1 aliphatic heterocycles. The molecule has 2 N–H and O–H groups in total. The quantitative estimate of drug-likeness (QED) is 0.812. The monoisotopic (exact) mass is 243 g/mol. The summed E-state index contributed by atoms with van der Waals surface area (Å²) < 4.78 is 31.0. The molecule has 0 radical (unpaired) electrons.